The Morgan fingerprint density at radius 2 is 1.94 bits per heavy atom. The van der Waals surface area contributed by atoms with Crippen molar-refractivity contribution in [3.8, 4) is 0 Å². The van der Waals surface area contributed by atoms with Crippen LogP contribution in [-0.4, -0.2) is 33.1 Å². The van der Waals surface area contributed by atoms with Crippen molar-refractivity contribution in [2.45, 2.75) is 110 Å². The fourth-order valence-electron chi connectivity index (χ4n) is 6.91. The third-order valence-corrected chi connectivity index (χ3v) is 8.97. The standard InChI is InChI=1S/C28H46O3/c1-18(9-7-15-27(4,5)31)23-13-14-24-21(10-8-16-28(23,24)6)11-12-22-17-25(29)20(3)26(30)19(22)2/h11-12,18,20,23-26,29-31H,2,7-10,13-17H2,1,3-6H3/t18-,20-,23?,24?,25+,26-,28?/m0/s1. The fourth-order valence-corrected chi connectivity index (χ4v) is 6.91. The van der Waals surface area contributed by atoms with Gasteiger partial charge in [0.25, 0.3) is 0 Å². The zero-order valence-corrected chi connectivity index (χ0v) is 20.5. The van der Waals surface area contributed by atoms with Gasteiger partial charge in [-0.05, 0) is 93.1 Å². The fraction of sp³-hybridized carbons (Fsp3) is 0.786. The highest BCUT2D eigenvalue weighted by molar-refractivity contribution is 5.39. The van der Waals surface area contributed by atoms with Gasteiger partial charge in [-0.1, -0.05) is 57.9 Å². The third-order valence-electron chi connectivity index (χ3n) is 8.97. The number of rotatable bonds is 6. The summed E-state index contributed by atoms with van der Waals surface area (Å²) in [5, 5.41) is 30.7. The Morgan fingerprint density at radius 3 is 2.61 bits per heavy atom. The number of hydrogen-bond acceptors (Lipinski definition) is 3. The molecule has 0 aromatic carbocycles. The molecule has 0 heterocycles. The highest BCUT2D eigenvalue weighted by Gasteiger charge is 2.50. The first-order valence-corrected chi connectivity index (χ1v) is 12.6. The van der Waals surface area contributed by atoms with Crippen LogP contribution in [0.1, 0.15) is 92.4 Å². The van der Waals surface area contributed by atoms with E-state index in [9.17, 15) is 15.3 Å². The molecule has 3 N–H and O–H groups in total. The van der Waals surface area contributed by atoms with Gasteiger partial charge < -0.3 is 15.3 Å². The van der Waals surface area contributed by atoms with Crippen molar-refractivity contribution < 1.29 is 15.3 Å². The number of allylic oxidation sites excluding steroid dienone is 3. The highest BCUT2D eigenvalue weighted by Crippen LogP contribution is 2.60. The van der Waals surface area contributed by atoms with Gasteiger partial charge in [0, 0.05) is 5.92 Å². The van der Waals surface area contributed by atoms with E-state index in [1.165, 1.54) is 32.1 Å². The predicted molar refractivity (Wildman–Crippen MR) is 129 cm³/mol. The average molecular weight is 431 g/mol. The molecule has 31 heavy (non-hydrogen) atoms. The second-order valence-electron chi connectivity index (χ2n) is 11.8. The highest BCUT2D eigenvalue weighted by atomic mass is 16.3. The van der Waals surface area contributed by atoms with Gasteiger partial charge in [-0.25, -0.2) is 0 Å². The maximum atomic E-state index is 10.4. The summed E-state index contributed by atoms with van der Waals surface area (Å²) in [5.41, 5.74) is 3.15. The number of hydrogen-bond donors (Lipinski definition) is 3. The van der Waals surface area contributed by atoms with Crippen LogP contribution in [-0.2, 0) is 0 Å². The maximum Gasteiger partial charge on any atom is 0.0837 e. The molecule has 176 valence electrons. The SMILES string of the molecule is C=C1C(=CC=C2CCCC3(C)C2CCC3[C@@H](C)CCCC(C)(C)O)C[C@@H](O)[C@H](C)[C@H]1O. The van der Waals surface area contributed by atoms with E-state index in [1.54, 1.807) is 5.57 Å². The van der Waals surface area contributed by atoms with Crippen LogP contribution >= 0.6 is 0 Å². The Labute approximate surface area is 190 Å². The molecule has 3 fully saturated rings. The van der Waals surface area contributed by atoms with Crippen molar-refractivity contribution in [2.24, 2.45) is 29.1 Å². The van der Waals surface area contributed by atoms with Gasteiger partial charge in [0.15, 0.2) is 0 Å². The van der Waals surface area contributed by atoms with Crippen LogP contribution in [0.15, 0.2) is 35.5 Å². The molecule has 3 saturated carbocycles. The van der Waals surface area contributed by atoms with Gasteiger partial charge in [0.05, 0.1) is 17.8 Å². The molecule has 3 nitrogen and oxygen atoms in total. The van der Waals surface area contributed by atoms with Crippen molar-refractivity contribution in [3.63, 3.8) is 0 Å². The smallest absolute Gasteiger partial charge is 0.0837 e. The van der Waals surface area contributed by atoms with E-state index in [-0.39, 0.29) is 5.92 Å². The Bertz CT molecular complexity index is 712. The van der Waals surface area contributed by atoms with Crippen LogP contribution in [0.5, 0.6) is 0 Å². The van der Waals surface area contributed by atoms with Crippen LogP contribution in [0.25, 0.3) is 0 Å². The molecule has 3 aliphatic carbocycles. The minimum Gasteiger partial charge on any atom is -0.392 e. The Hall–Kier alpha value is -0.900. The molecule has 0 saturated heterocycles. The lowest BCUT2D eigenvalue weighted by Gasteiger charge is -2.44. The molecule has 0 aromatic rings. The van der Waals surface area contributed by atoms with Gasteiger partial charge in [-0.15, -0.1) is 0 Å². The van der Waals surface area contributed by atoms with E-state index in [0.717, 1.165) is 36.3 Å². The van der Waals surface area contributed by atoms with Gasteiger partial charge in [0.2, 0.25) is 0 Å². The normalized spacial score (nSPS) is 40.4. The second kappa shape index (κ2) is 9.53. The molecule has 3 aliphatic rings. The van der Waals surface area contributed by atoms with Gasteiger partial charge >= 0.3 is 0 Å². The van der Waals surface area contributed by atoms with Crippen molar-refractivity contribution in [1.29, 1.82) is 0 Å². The average Bonchev–Trinajstić information content (AvgIpc) is 3.04. The van der Waals surface area contributed by atoms with Crippen LogP contribution in [0.3, 0.4) is 0 Å². The number of aliphatic hydroxyl groups is 3. The molecular weight excluding hydrogens is 384 g/mol. The van der Waals surface area contributed by atoms with E-state index >= 15 is 0 Å². The minimum absolute atomic E-state index is 0.149. The van der Waals surface area contributed by atoms with Crippen LogP contribution < -0.4 is 0 Å². The second-order valence-corrected chi connectivity index (χ2v) is 11.8. The molecule has 0 bridgehead atoms. The van der Waals surface area contributed by atoms with Gasteiger partial charge in [-0.2, -0.15) is 0 Å². The number of aliphatic hydroxyl groups excluding tert-OH is 2. The molecular formula is C28H46O3. The summed E-state index contributed by atoms with van der Waals surface area (Å²) < 4.78 is 0. The summed E-state index contributed by atoms with van der Waals surface area (Å²) in [7, 11) is 0. The molecule has 0 aromatic heterocycles. The first kappa shape index (κ1) is 24.7. The van der Waals surface area contributed by atoms with Crippen LogP contribution in [0.2, 0.25) is 0 Å². The first-order chi connectivity index (χ1) is 14.4. The molecule has 0 spiro atoms. The van der Waals surface area contributed by atoms with E-state index in [2.05, 4.69) is 32.6 Å². The minimum atomic E-state index is -0.648. The zero-order chi connectivity index (χ0) is 23.0. The van der Waals surface area contributed by atoms with E-state index in [4.69, 9.17) is 0 Å². The zero-order valence-electron chi connectivity index (χ0n) is 20.5. The predicted octanol–water partition coefficient (Wildman–Crippen LogP) is 5.95. The Balaban J connectivity index is 1.71. The summed E-state index contributed by atoms with van der Waals surface area (Å²) >= 11 is 0. The third kappa shape index (κ3) is 5.37. The molecule has 3 rings (SSSR count). The van der Waals surface area contributed by atoms with Crippen molar-refractivity contribution in [1.82, 2.24) is 0 Å². The summed E-state index contributed by atoms with van der Waals surface area (Å²) in [4.78, 5) is 0. The monoisotopic (exact) mass is 430 g/mol. The van der Waals surface area contributed by atoms with Crippen LogP contribution in [0, 0.1) is 29.1 Å². The summed E-state index contributed by atoms with van der Waals surface area (Å²) in [6.45, 7) is 14.8. The number of fused-ring (bicyclic) bond motifs is 1. The molecule has 3 heteroatoms. The lowest BCUT2D eigenvalue weighted by molar-refractivity contribution is 0.0283. The van der Waals surface area contributed by atoms with Crippen molar-refractivity contribution in [3.05, 3.63) is 35.5 Å². The topological polar surface area (TPSA) is 60.7 Å². The first-order valence-electron chi connectivity index (χ1n) is 12.6. The summed E-state index contributed by atoms with van der Waals surface area (Å²) in [5.74, 6) is 1.94. The van der Waals surface area contributed by atoms with E-state index in [1.807, 2.05) is 20.8 Å². The van der Waals surface area contributed by atoms with Crippen LogP contribution in [0.4, 0.5) is 0 Å². The lowest BCUT2D eigenvalue weighted by atomic mass is 9.60. The molecule has 0 radical (unpaired) electrons. The molecule has 7 atom stereocenters. The summed E-state index contributed by atoms with van der Waals surface area (Å²) in [6, 6.07) is 0. The lowest BCUT2D eigenvalue weighted by Crippen LogP contribution is -2.36. The largest absolute Gasteiger partial charge is 0.392 e. The van der Waals surface area contributed by atoms with E-state index in [0.29, 0.717) is 23.7 Å². The van der Waals surface area contributed by atoms with Crippen molar-refractivity contribution in [2.75, 3.05) is 0 Å². The van der Waals surface area contributed by atoms with Gasteiger partial charge in [-0.3, -0.25) is 0 Å². The quantitative estimate of drug-likeness (QED) is 0.488. The molecule has 0 aliphatic heterocycles. The van der Waals surface area contributed by atoms with Gasteiger partial charge in [0.1, 0.15) is 0 Å². The Kier molecular flexibility index (Phi) is 7.61. The van der Waals surface area contributed by atoms with E-state index < -0.39 is 17.8 Å². The molecule has 0 amide bonds. The maximum absolute atomic E-state index is 10.4. The summed E-state index contributed by atoms with van der Waals surface area (Å²) in [6.07, 6.45) is 13.4. The Morgan fingerprint density at radius 1 is 1.23 bits per heavy atom. The molecule has 3 unspecified atom stereocenters. The van der Waals surface area contributed by atoms with Crippen molar-refractivity contribution >= 4 is 0 Å².